The third-order valence-electron chi connectivity index (χ3n) is 5.96. The van der Waals surface area contributed by atoms with Gasteiger partial charge in [0.15, 0.2) is 5.96 Å². The molecular formula is C28H39N7O5. The molecule has 0 fully saturated rings. The van der Waals surface area contributed by atoms with Crippen LogP contribution in [-0.2, 0) is 32.0 Å². The van der Waals surface area contributed by atoms with Crippen LogP contribution in [0.4, 0.5) is 0 Å². The van der Waals surface area contributed by atoms with Gasteiger partial charge in [-0.05, 0) is 29.9 Å². The Balaban J connectivity index is 2.21. The third kappa shape index (κ3) is 11.1. The maximum atomic E-state index is 13.5. The molecule has 0 spiro atoms. The summed E-state index contributed by atoms with van der Waals surface area (Å²) >= 11 is 0. The smallest absolute Gasteiger partial charge is 0.328 e. The molecule has 3 amide bonds. The maximum absolute atomic E-state index is 13.5. The Bertz CT molecular complexity index is 1150. The van der Waals surface area contributed by atoms with Gasteiger partial charge in [-0.15, -0.1) is 0 Å². The molecule has 12 heteroatoms. The molecular weight excluding hydrogens is 514 g/mol. The Morgan fingerprint density at radius 3 is 1.73 bits per heavy atom. The van der Waals surface area contributed by atoms with Crippen molar-refractivity contribution in [2.24, 2.45) is 28.1 Å². The number of benzene rings is 2. The summed E-state index contributed by atoms with van der Waals surface area (Å²) in [5, 5.41) is 17.3. The molecule has 0 saturated carbocycles. The van der Waals surface area contributed by atoms with E-state index in [1.54, 1.807) is 0 Å². The van der Waals surface area contributed by atoms with Crippen molar-refractivity contribution < 1.29 is 24.3 Å². The van der Waals surface area contributed by atoms with Gasteiger partial charge in [-0.25, -0.2) is 4.79 Å². The zero-order chi connectivity index (χ0) is 29.7. The highest BCUT2D eigenvalue weighted by atomic mass is 16.4. The summed E-state index contributed by atoms with van der Waals surface area (Å²) in [7, 11) is 0. The van der Waals surface area contributed by atoms with Gasteiger partial charge < -0.3 is 38.3 Å². The number of hydrogen-bond donors (Lipinski definition) is 7. The zero-order valence-corrected chi connectivity index (χ0v) is 22.7. The van der Waals surface area contributed by atoms with Crippen molar-refractivity contribution in [3.63, 3.8) is 0 Å². The summed E-state index contributed by atoms with van der Waals surface area (Å²) < 4.78 is 0. The van der Waals surface area contributed by atoms with E-state index in [9.17, 15) is 24.3 Å². The Kier molecular flexibility index (Phi) is 12.6. The molecule has 0 aromatic heterocycles. The van der Waals surface area contributed by atoms with Gasteiger partial charge in [0.1, 0.15) is 18.1 Å². The van der Waals surface area contributed by atoms with E-state index in [2.05, 4.69) is 20.9 Å². The average molecular weight is 554 g/mol. The molecule has 0 bridgehead atoms. The van der Waals surface area contributed by atoms with Gasteiger partial charge in [0.05, 0.1) is 12.6 Å². The maximum Gasteiger partial charge on any atom is 0.328 e. The number of carboxylic acids is 1. The quantitative estimate of drug-likeness (QED) is 0.114. The largest absolute Gasteiger partial charge is 0.480 e. The monoisotopic (exact) mass is 553 g/mol. The number of carbonyl (C=O) groups is 4. The molecule has 2 rings (SSSR count). The van der Waals surface area contributed by atoms with Crippen LogP contribution in [0.5, 0.6) is 0 Å². The zero-order valence-electron chi connectivity index (χ0n) is 22.7. The number of amides is 3. The minimum Gasteiger partial charge on any atom is -0.480 e. The molecule has 0 saturated heterocycles. The van der Waals surface area contributed by atoms with Crippen LogP contribution in [0.2, 0.25) is 0 Å². The summed E-state index contributed by atoms with van der Waals surface area (Å²) in [6.45, 7) is 3.33. The van der Waals surface area contributed by atoms with Gasteiger partial charge in [0.2, 0.25) is 17.7 Å². The van der Waals surface area contributed by atoms with Crippen molar-refractivity contribution in [1.29, 1.82) is 0 Å². The molecule has 0 aliphatic rings. The van der Waals surface area contributed by atoms with Crippen molar-refractivity contribution in [2.75, 3.05) is 6.54 Å². The van der Waals surface area contributed by atoms with Crippen molar-refractivity contribution in [3.8, 4) is 0 Å². The minimum atomic E-state index is -1.41. The second kappa shape index (κ2) is 15.8. The first-order chi connectivity index (χ1) is 19.0. The molecule has 2 aromatic rings. The molecule has 4 atom stereocenters. The second-order valence-corrected chi connectivity index (χ2v) is 9.90. The number of hydrogen-bond acceptors (Lipinski definition) is 6. The average Bonchev–Trinajstić information content (AvgIpc) is 2.90. The number of aliphatic carboxylic acids is 1. The third-order valence-corrected chi connectivity index (χ3v) is 5.96. The predicted molar refractivity (Wildman–Crippen MR) is 152 cm³/mol. The Morgan fingerprint density at radius 1 is 0.750 bits per heavy atom. The van der Waals surface area contributed by atoms with Gasteiger partial charge in [-0.1, -0.05) is 74.5 Å². The lowest BCUT2D eigenvalue weighted by Crippen LogP contribution is -2.58. The van der Waals surface area contributed by atoms with Crippen LogP contribution in [-0.4, -0.2) is 65.5 Å². The SMILES string of the molecule is CC(C)C[C@@H](NC(=O)[C@@H](Cc1ccccc1)NC(=O)[C@H](N)Cc1ccccc1)C(=O)N[C@H](CN=C(N)N)C(=O)O. The molecule has 2 aromatic carbocycles. The fraction of sp³-hybridized carbons (Fsp3) is 0.393. The van der Waals surface area contributed by atoms with Crippen LogP contribution in [0.3, 0.4) is 0 Å². The first-order valence-corrected chi connectivity index (χ1v) is 13.0. The summed E-state index contributed by atoms with van der Waals surface area (Å²) in [6.07, 6.45) is 0.636. The summed E-state index contributed by atoms with van der Waals surface area (Å²) in [4.78, 5) is 54.9. The highest BCUT2D eigenvalue weighted by molar-refractivity contribution is 5.94. The molecule has 12 nitrogen and oxygen atoms in total. The van der Waals surface area contributed by atoms with Gasteiger partial charge in [-0.3, -0.25) is 19.4 Å². The Labute approximate surface area is 233 Å². The predicted octanol–water partition coefficient (Wildman–Crippen LogP) is -0.342. The number of aliphatic imine (C=N–C) groups is 1. The molecule has 10 N–H and O–H groups in total. The molecule has 0 aliphatic carbocycles. The van der Waals surface area contributed by atoms with E-state index in [1.807, 2.05) is 74.5 Å². The Hall–Kier alpha value is -4.45. The van der Waals surface area contributed by atoms with Gasteiger partial charge >= 0.3 is 5.97 Å². The van der Waals surface area contributed by atoms with Crippen LogP contribution >= 0.6 is 0 Å². The first kappa shape index (κ1) is 31.8. The van der Waals surface area contributed by atoms with E-state index in [1.165, 1.54) is 0 Å². The molecule has 216 valence electrons. The van der Waals surface area contributed by atoms with Gasteiger partial charge in [0, 0.05) is 6.42 Å². The topological polar surface area (TPSA) is 215 Å². The molecule has 0 aliphatic heterocycles. The second-order valence-electron chi connectivity index (χ2n) is 9.90. The van der Waals surface area contributed by atoms with E-state index in [4.69, 9.17) is 17.2 Å². The number of nitrogens with zero attached hydrogens (tertiary/aromatic N) is 1. The fourth-order valence-corrected chi connectivity index (χ4v) is 3.93. The minimum absolute atomic E-state index is 0.0292. The molecule has 40 heavy (non-hydrogen) atoms. The number of carboxylic acid groups (broad SMARTS) is 1. The molecule has 0 heterocycles. The number of guanidine groups is 1. The van der Waals surface area contributed by atoms with Gasteiger partial charge in [-0.2, -0.15) is 0 Å². The fourth-order valence-electron chi connectivity index (χ4n) is 3.93. The van der Waals surface area contributed by atoms with Crippen LogP contribution in [0, 0.1) is 5.92 Å². The highest BCUT2D eigenvalue weighted by Gasteiger charge is 2.31. The van der Waals surface area contributed by atoms with E-state index < -0.39 is 47.9 Å². The van der Waals surface area contributed by atoms with E-state index in [0.717, 1.165) is 11.1 Å². The first-order valence-electron chi connectivity index (χ1n) is 13.0. The number of nitrogens with one attached hydrogen (secondary N) is 3. The molecule has 0 unspecified atom stereocenters. The van der Waals surface area contributed by atoms with Crippen molar-refractivity contribution >= 4 is 29.7 Å². The van der Waals surface area contributed by atoms with Crippen molar-refractivity contribution in [3.05, 3.63) is 71.8 Å². The number of nitrogens with two attached hydrogens (primary N) is 3. The van der Waals surface area contributed by atoms with Crippen LogP contribution < -0.4 is 33.2 Å². The molecule has 0 radical (unpaired) electrons. The van der Waals surface area contributed by atoms with E-state index >= 15 is 0 Å². The summed E-state index contributed by atoms with van der Waals surface area (Å²) in [5.41, 5.74) is 18.4. The highest BCUT2D eigenvalue weighted by Crippen LogP contribution is 2.09. The lowest BCUT2D eigenvalue weighted by atomic mass is 10.00. The van der Waals surface area contributed by atoms with Crippen molar-refractivity contribution in [1.82, 2.24) is 16.0 Å². The number of carbonyl (C=O) groups excluding carboxylic acids is 3. The van der Waals surface area contributed by atoms with Crippen LogP contribution in [0.15, 0.2) is 65.7 Å². The summed E-state index contributed by atoms with van der Waals surface area (Å²) in [5.74, 6) is -3.54. The Morgan fingerprint density at radius 2 is 1.23 bits per heavy atom. The van der Waals surface area contributed by atoms with Crippen LogP contribution in [0.25, 0.3) is 0 Å². The number of rotatable bonds is 15. The standard InChI is InChI=1S/C28H39N7O5/c1-17(2)13-21(25(37)35-23(27(39)40)16-32-28(30)31)34-26(38)22(15-19-11-7-4-8-12-19)33-24(36)20(29)14-18-9-5-3-6-10-18/h3-12,17,20-23H,13-16,29H2,1-2H3,(H,33,36)(H,34,38)(H,35,37)(H,39,40)(H4,30,31,32)/t20-,21-,22-,23-/m1/s1. The van der Waals surface area contributed by atoms with Crippen molar-refractivity contribution in [2.45, 2.75) is 57.3 Å². The van der Waals surface area contributed by atoms with E-state index in [0.29, 0.717) is 0 Å². The van der Waals surface area contributed by atoms with E-state index in [-0.39, 0.29) is 37.7 Å². The van der Waals surface area contributed by atoms with Gasteiger partial charge in [0.25, 0.3) is 0 Å². The summed E-state index contributed by atoms with van der Waals surface area (Å²) in [6, 6.07) is 13.9. The normalized spacial score (nSPS) is 13.8. The lowest BCUT2D eigenvalue weighted by molar-refractivity contribution is -0.142. The van der Waals surface area contributed by atoms with Crippen LogP contribution in [0.1, 0.15) is 31.4 Å². The lowest BCUT2D eigenvalue weighted by Gasteiger charge is -2.26.